The minimum atomic E-state index is -0.129. The number of rotatable bonds is 5. The van der Waals surface area contributed by atoms with E-state index in [-0.39, 0.29) is 11.1 Å². The Bertz CT molecular complexity index is 974. The van der Waals surface area contributed by atoms with Crippen LogP contribution < -0.4 is 5.32 Å². The monoisotopic (exact) mass is 413 g/mol. The number of amides is 2. The van der Waals surface area contributed by atoms with E-state index in [0.717, 1.165) is 34.6 Å². The number of benzene rings is 1. The highest BCUT2D eigenvalue weighted by molar-refractivity contribution is 8.13. The zero-order valence-electron chi connectivity index (χ0n) is 16.4. The van der Waals surface area contributed by atoms with E-state index in [9.17, 15) is 9.59 Å². The smallest absolute Gasteiger partial charge is 0.285 e. The van der Waals surface area contributed by atoms with Crippen molar-refractivity contribution in [1.82, 2.24) is 9.47 Å². The molecule has 0 aliphatic heterocycles. The van der Waals surface area contributed by atoms with Crippen LogP contribution in [0, 0.1) is 13.8 Å². The van der Waals surface area contributed by atoms with E-state index in [4.69, 9.17) is 0 Å². The summed E-state index contributed by atoms with van der Waals surface area (Å²) in [6.07, 6.45) is 0. The lowest BCUT2D eigenvalue weighted by atomic mass is 10.2. The van der Waals surface area contributed by atoms with Gasteiger partial charge in [-0.15, -0.1) is 11.3 Å². The van der Waals surface area contributed by atoms with Crippen LogP contribution >= 0.6 is 23.1 Å². The summed E-state index contributed by atoms with van der Waals surface area (Å²) in [6, 6.07) is 13.4. The first-order valence-corrected chi connectivity index (χ1v) is 10.5. The molecule has 0 saturated carbocycles. The zero-order chi connectivity index (χ0) is 20.3. The van der Waals surface area contributed by atoms with Crippen molar-refractivity contribution < 1.29 is 9.59 Å². The molecule has 0 aliphatic carbocycles. The van der Waals surface area contributed by atoms with Crippen LogP contribution in [0.3, 0.4) is 0 Å². The normalized spacial score (nSPS) is 10.7. The largest absolute Gasteiger partial charge is 0.343 e. The quantitative estimate of drug-likeness (QED) is 0.582. The first-order valence-electron chi connectivity index (χ1n) is 8.85. The third-order valence-corrected chi connectivity index (χ3v) is 6.30. The summed E-state index contributed by atoms with van der Waals surface area (Å²) in [5.41, 5.74) is 3.39. The molecule has 7 heteroatoms. The molecule has 2 amide bonds. The van der Waals surface area contributed by atoms with Gasteiger partial charge >= 0.3 is 0 Å². The Morgan fingerprint density at radius 3 is 2.46 bits per heavy atom. The van der Waals surface area contributed by atoms with Crippen molar-refractivity contribution in [3.8, 4) is 0 Å². The number of aromatic nitrogens is 1. The van der Waals surface area contributed by atoms with Gasteiger partial charge in [-0.1, -0.05) is 6.07 Å². The Morgan fingerprint density at radius 2 is 1.86 bits per heavy atom. The van der Waals surface area contributed by atoms with E-state index in [1.54, 1.807) is 25.4 Å². The average Bonchev–Trinajstić information content (AvgIpc) is 3.27. The Kier molecular flexibility index (Phi) is 6.26. The topological polar surface area (TPSA) is 54.3 Å². The van der Waals surface area contributed by atoms with Crippen molar-refractivity contribution in [2.45, 2.75) is 25.3 Å². The first-order chi connectivity index (χ1) is 13.3. The summed E-state index contributed by atoms with van der Waals surface area (Å²) in [6.45, 7) is 4.77. The van der Waals surface area contributed by atoms with Gasteiger partial charge in [0, 0.05) is 40.9 Å². The van der Waals surface area contributed by atoms with Crippen molar-refractivity contribution in [2.24, 2.45) is 0 Å². The molecule has 3 aromatic rings. The third kappa shape index (κ3) is 4.66. The molecular weight excluding hydrogens is 390 g/mol. The van der Waals surface area contributed by atoms with Gasteiger partial charge in [-0.3, -0.25) is 9.59 Å². The van der Waals surface area contributed by atoms with Gasteiger partial charge in [0.25, 0.3) is 11.1 Å². The fourth-order valence-corrected chi connectivity index (χ4v) is 4.18. The number of carbonyl (C=O) groups excluding carboxylic acids is 2. The lowest BCUT2D eigenvalue weighted by molar-refractivity contribution is 0.102. The molecule has 0 spiro atoms. The van der Waals surface area contributed by atoms with E-state index in [1.807, 2.05) is 50.2 Å². The summed E-state index contributed by atoms with van der Waals surface area (Å²) >= 11 is 2.87. The van der Waals surface area contributed by atoms with Crippen LogP contribution in [-0.2, 0) is 6.54 Å². The molecule has 0 aliphatic rings. The minimum Gasteiger partial charge on any atom is -0.343 e. The van der Waals surface area contributed by atoms with Crippen LogP contribution in [0.1, 0.15) is 26.6 Å². The number of hydrogen-bond donors (Lipinski definition) is 1. The Balaban J connectivity index is 1.70. The van der Waals surface area contributed by atoms with Crippen LogP contribution in [-0.4, -0.2) is 34.7 Å². The van der Waals surface area contributed by atoms with Gasteiger partial charge in [-0.2, -0.15) is 0 Å². The second-order valence-corrected chi connectivity index (χ2v) is 8.75. The second-order valence-electron chi connectivity index (χ2n) is 6.69. The van der Waals surface area contributed by atoms with Crippen LogP contribution in [0.25, 0.3) is 0 Å². The predicted molar refractivity (Wildman–Crippen MR) is 117 cm³/mol. The Hall–Kier alpha value is -2.51. The van der Waals surface area contributed by atoms with Crippen molar-refractivity contribution >= 4 is 39.9 Å². The standard InChI is InChI=1S/C21H23N3O2S2/c1-14-12-19(15(2)24(14)13-18-6-5-11-27-18)20(25)22-16-7-9-17(10-8-16)28-21(26)23(3)4/h5-12H,13H2,1-4H3,(H,22,25). The molecule has 3 rings (SSSR count). The fraction of sp³-hybridized carbons (Fsp3) is 0.238. The second kappa shape index (κ2) is 8.67. The van der Waals surface area contributed by atoms with Gasteiger partial charge in [0.05, 0.1) is 12.1 Å². The maximum atomic E-state index is 12.8. The molecule has 146 valence electrons. The molecule has 0 fully saturated rings. The molecule has 0 saturated heterocycles. The highest BCUT2D eigenvalue weighted by Crippen LogP contribution is 2.24. The summed E-state index contributed by atoms with van der Waals surface area (Å²) in [4.78, 5) is 28.2. The summed E-state index contributed by atoms with van der Waals surface area (Å²) in [7, 11) is 3.44. The minimum absolute atomic E-state index is 0.0324. The van der Waals surface area contributed by atoms with Crippen LogP contribution in [0.15, 0.2) is 52.7 Å². The molecule has 1 aromatic carbocycles. The van der Waals surface area contributed by atoms with Gasteiger partial charge in [0.1, 0.15) is 0 Å². The first kappa shape index (κ1) is 20.2. The molecule has 0 atom stereocenters. The molecule has 28 heavy (non-hydrogen) atoms. The highest BCUT2D eigenvalue weighted by Gasteiger charge is 2.16. The van der Waals surface area contributed by atoms with E-state index in [1.165, 1.54) is 9.78 Å². The van der Waals surface area contributed by atoms with Crippen molar-refractivity contribution in [1.29, 1.82) is 0 Å². The molecule has 0 unspecified atom stereocenters. The molecular formula is C21H23N3O2S2. The van der Waals surface area contributed by atoms with Crippen LogP contribution in [0.4, 0.5) is 10.5 Å². The van der Waals surface area contributed by atoms with E-state index in [2.05, 4.69) is 21.3 Å². The van der Waals surface area contributed by atoms with Gasteiger partial charge in [-0.05, 0) is 67.4 Å². The van der Waals surface area contributed by atoms with Gasteiger partial charge in [0.2, 0.25) is 0 Å². The number of thiophene rings is 1. The van der Waals surface area contributed by atoms with E-state index >= 15 is 0 Å². The SMILES string of the molecule is Cc1cc(C(=O)Nc2ccc(SC(=O)N(C)C)cc2)c(C)n1Cc1cccs1. The number of aryl methyl sites for hydroxylation is 1. The number of thioether (sulfide) groups is 1. The Labute approximate surface area is 173 Å². The van der Waals surface area contributed by atoms with Crippen LogP contribution in [0.5, 0.6) is 0 Å². The van der Waals surface area contributed by atoms with E-state index in [0.29, 0.717) is 11.3 Å². The maximum absolute atomic E-state index is 12.8. The number of anilines is 1. The van der Waals surface area contributed by atoms with Gasteiger partial charge in [0.15, 0.2) is 0 Å². The number of nitrogens with zero attached hydrogens (tertiary/aromatic N) is 2. The van der Waals surface area contributed by atoms with E-state index < -0.39 is 0 Å². The Morgan fingerprint density at radius 1 is 1.14 bits per heavy atom. The third-order valence-electron chi connectivity index (χ3n) is 4.39. The molecule has 5 nitrogen and oxygen atoms in total. The lowest BCUT2D eigenvalue weighted by Gasteiger charge is -2.10. The fourth-order valence-electron chi connectivity index (χ4n) is 2.83. The lowest BCUT2D eigenvalue weighted by Crippen LogP contribution is -2.16. The molecule has 1 N–H and O–H groups in total. The molecule has 0 bridgehead atoms. The van der Waals surface area contributed by atoms with Gasteiger partial charge in [-0.25, -0.2) is 0 Å². The number of hydrogen-bond acceptors (Lipinski definition) is 4. The number of carbonyl (C=O) groups is 2. The van der Waals surface area contributed by atoms with Crippen molar-refractivity contribution in [2.75, 3.05) is 19.4 Å². The molecule has 2 heterocycles. The van der Waals surface area contributed by atoms with Crippen LogP contribution in [0.2, 0.25) is 0 Å². The summed E-state index contributed by atoms with van der Waals surface area (Å²) in [5, 5.41) is 4.98. The number of nitrogens with one attached hydrogen (secondary N) is 1. The predicted octanol–water partition coefficient (Wildman–Crippen LogP) is 5.24. The molecule has 0 radical (unpaired) electrons. The maximum Gasteiger partial charge on any atom is 0.285 e. The van der Waals surface area contributed by atoms with Crippen molar-refractivity contribution in [3.05, 3.63) is 69.7 Å². The van der Waals surface area contributed by atoms with Crippen molar-refractivity contribution in [3.63, 3.8) is 0 Å². The zero-order valence-corrected chi connectivity index (χ0v) is 18.0. The summed E-state index contributed by atoms with van der Waals surface area (Å²) < 4.78 is 2.16. The summed E-state index contributed by atoms with van der Waals surface area (Å²) in [5.74, 6) is -0.129. The average molecular weight is 414 g/mol. The molecule has 2 aromatic heterocycles. The van der Waals surface area contributed by atoms with Gasteiger partial charge < -0.3 is 14.8 Å². The highest BCUT2D eigenvalue weighted by atomic mass is 32.2.